The predicted molar refractivity (Wildman–Crippen MR) is 141 cm³/mol. The van der Waals surface area contributed by atoms with Crippen LogP contribution in [0.5, 0.6) is 11.5 Å². The van der Waals surface area contributed by atoms with Gasteiger partial charge < -0.3 is 19.7 Å². The monoisotopic (exact) mass is 525 g/mol. The van der Waals surface area contributed by atoms with Gasteiger partial charge in [0.1, 0.15) is 30.5 Å². The summed E-state index contributed by atoms with van der Waals surface area (Å²) in [5.74, 6) is 2.71. The molecule has 1 aromatic carbocycles. The molecule has 4 heterocycles. The third-order valence-electron chi connectivity index (χ3n) is 6.65. The van der Waals surface area contributed by atoms with Crippen molar-refractivity contribution in [3.05, 3.63) is 53.7 Å². The van der Waals surface area contributed by atoms with Gasteiger partial charge in [-0.2, -0.15) is 4.98 Å². The van der Waals surface area contributed by atoms with Gasteiger partial charge in [-0.05, 0) is 30.7 Å². The molecule has 2 aliphatic heterocycles. The Morgan fingerprint density at radius 3 is 2.84 bits per heavy atom. The molecule has 0 radical (unpaired) electrons. The lowest BCUT2D eigenvalue weighted by Crippen LogP contribution is -2.55. The first kappa shape index (κ1) is 25.3. The maximum Gasteiger partial charge on any atom is 0.238 e. The Bertz CT molecular complexity index is 1210. The average molecular weight is 526 g/mol. The number of fused-ring (bicyclic) bond motifs is 1. The first-order valence-electron chi connectivity index (χ1n) is 12.8. The molecule has 0 spiro atoms. The zero-order valence-corrected chi connectivity index (χ0v) is 21.7. The zero-order chi connectivity index (χ0) is 25.6. The Morgan fingerprint density at radius 2 is 2.03 bits per heavy atom. The van der Waals surface area contributed by atoms with Crippen LogP contribution in [0.2, 0.25) is 5.15 Å². The number of nitrogens with one attached hydrogen (secondary N) is 1. The number of benzene rings is 1. The Morgan fingerprint density at radius 1 is 1.16 bits per heavy atom. The van der Waals surface area contributed by atoms with Crippen LogP contribution >= 0.6 is 11.6 Å². The van der Waals surface area contributed by atoms with Gasteiger partial charge in [-0.3, -0.25) is 14.3 Å². The minimum absolute atomic E-state index is 0.0167. The minimum Gasteiger partial charge on any atom is -0.486 e. The standard InChI is InChI=1S/C26H32ClN7O3/c1-2-3-7-32-9-10-33(24-15-23(27)30-26(31-24)34-8-6-28-18-34)17-20(32)14-25(35)29-16-19-4-5-21-22(13-19)37-12-11-36-21/h4-6,8,13,15,18,20H,2-3,7,9-12,14,16-17H2,1H3,(H,29,35). The predicted octanol–water partition coefficient (Wildman–Crippen LogP) is 3.08. The Kier molecular flexibility index (Phi) is 8.05. The molecule has 5 rings (SSSR count). The van der Waals surface area contributed by atoms with Crippen LogP contribution < -0.4 is 19.7 Å². The summed E-state index contributed by atoms with van der Waals surface area (Å²) in [6.07, 6.45) is 7.71. The lowest BCUT2D eigenvalue weighted by molar-refractivity contribution is -0.122. The average Bonchev–Trinajstić information content (AvgIpc) is 3.46. The SMILES string of the molecule is CCCCN1CCN(c2cc(Cl)nc(-n3ccnc3)n2)CC1CC(=O)NCc1ccc2c(c1)OCCO2. The van der Waals surface area contributed by atoms with E-state index < -0.39 is 0 Å². The maximum atomic E-state index is 13.0. The normalized spacial score (nSPS) is 17.6. The van der Waals surface area contributed by atoms with Crippen molar-refractivity contribution in [2.75, 3.05) is 44.3 Å². The third-order valence-corrected chi connectivity index (χ3v) is 6.84. The molecule has 11 heteroatoms. The molecule has 1 fully saturated rings. The highest BCUT2D eigenvalue weighted by Gasteiger charge is 2.29. The summed E-state index contributed by atoms with van der Waals surface area (Å²) in [7, 11) is 0. The fourth-order valence-corrected chi connectivity index (χ4v) is 4.86. The van der Waals surface area contributed by atoms with Crippen molar-refractivity contribution in [1.82, 2.24) is 29.7 Å². The molecular formula is C26H32ClN7O3. The summed E-state index contributed by atoms with van der Waals surface area (Å²) in [5, 5.41) is 3.45. The van der Waals surface area contributed by atoms with Crippen LogP contribution in [0.15, 0.2) is 43.0 Å². The van der Waals surface area contributed by atoms with E-state index in [0.29, 0.717) is 43.8 Å². The van der Waals surface area contributed by atoms with Gasteiger partial charge in [0, 0.05) is 57.1 Å². The molecule has 10 nitrogen and oxygen atoms in total. The molecule has 2 aromatic heterocycles. The fraction of sp³-hybridized carbons (Fsp3) is 0.462. The Balaban J connectivity index is 1.25. The highest BCUT2D eigenvalue weighted by molar-refractivity contribution is 6.29. The first-order chi connectivity index (χ1) is 18.1. The van der Waals surface area contributed by atoms with Crippen molar-refractivity contribution in [2.24, 2.45) is 0 Å². The molecule has 2 aliphatic rings. The topological polar surface area (TPSA) is 97.6 Å². The fourth-order valence-electron chi connectivity index (χ4n) is 4.68. The van der Waals surface area contributed by atoms with Crippen LogP contribution in [-0.4, -0.2) is 75.8 Å². The van der Waals surface area contributed by atoms with E-state index in [9.17, 15) is 4.79 Å². The molecule has 196 valence electrons. The van der Waals surface area contributed by atoms with E-state index in [0.717, 1.165) is 55.4 Å². The number of anilines is 1. The number of carbonyl (C=O) groups is 1. The number of imidazole rings is 1. The molecule has 0 bridgehead atoms. The second-order valence-corrected chi connectivity index (χ2v) is 9.65. The third kappa shape index (κ3) is 6.31. The number of halogens is 1. The van der Waals surface area contributed by atoms with Gasteiger partial charge in [0.15, 0.2) is 11.5 Å². The van der Waals surface area contributed by atoms with Gasteiger partial charge in [-0.1, -0.05) is 31.0 Å². The molecule has 1 N–H and O–H groups in total. The Hall–Kier alpha value is -3.37. The number of hydrogen-bond acceptors (Lipinski definition) is 8. The van der Waals surface area contributed by atoms with Crippen LogP contribution in [0.3, 0.4) is 0 Å². The van der Waals surface area contributed by atoms with E-state index in [4.69, 9.17) is 26.1 Å². The summed E-state index contributed by atoms with van der Waals surface area (Å²) in [4.78, 5) is 30.8. The van der Waals surface area contributed by atoms with Gasteiger partial charge in [0.05, 0.1) is 0 Å². The second-order valence-electron chi connectivity index (χ2n) is 9.27. The van der Waals surface area contributed by atoms with E-state index >= 15 is 0 Å². The van der Waals surface area contributed by atoms with Crippen LogP contribution in [0.25, 0.3) is 5.95 Å². The molecule has 3 aromatic rings. The van der Waals surface area contributed by atoms with Gasteiger partial charge in [-0.15, -0.1) is 0 Å². The van der Waals surface area contributed by atoms with Gasteiger partial charge >= 0.3 is 0 Å². The molecule has 1 unspecified atom stereocenters. The van der Waals surface area contributed by atoms with Crippen molar-refractivity contribution in [2.45, 2.75) is 38.8 Å². The van der Waals surface area contributed by atoms with Crippen molar-refractivity contribution in [3.8, 4) is 17.4 Å². The van der Waals surface area contributed by atoms with Crippen LogP contribution in [0, 0.1) is 0 Å². The molecule has 1 atom stereocenters. The number of unbranched alkanes of at least 4 members (excludes halogenated alkanes) is 1. The number of aromatic nitrogens is 4. The van der Waals surface area contributed by atoms with Gasteiger partial charge in [0.2, 0.25) is 11.9 Å². The number of nitrogens with zero attached hydrogens (tertiary/aromatic N) is 6. The van der Waals surface area contributed by atoms with E-state index in [-0.39, 0.29) is 11.9 Å². The van der Waals surface area contributed by atoms with E-state index in [1.54, 1.807) is 29.4 Å². The molecular weight excluding hydrogens is 494 g/mol. The quantitative estimate of drug-likeness (QED) is 0.426. The summed E-state index contributed by atoms with van der Waals surface area (Å²) < 4.78 is 13.0. The van der Waals surface area contributed by atoms with Crippen LogP contribution in [0.1, 0.15) is 31.7 Å². The maximum absolute atomic E-state index is 13.0. The molecule has 0 saturated carbocycles. The largest absolute Gasteiger partial charge is 0.486 e. The molecule has 1 saturated heterocycles. The lowest BCUT2D eigenvalue weighted by atomic mass is 10.1. The lowest BCUT2D eigenvalue weighted by Gasteiger charge is -2.42. The van der Waals surface area contributed by atoms with Crippen molar-refractivity contribution >= 4 is 23.3 Å². The summed E-state index contributed by atoms with van der Waals surface area (Å²) in [6.45, 7) is 7.02. The Labute approximate surface area is 221 Å². The number of rotatable bonds is 9. The summed E-state index contributed by atoms with van der Waals surface area (Å²) >= 11 is 6.34. The van der Waals surface area contributed by atoms with Crippen LogP contribution in [0.4, 0.5) is 5.82 Å². The molecule has 0 aliphatic carbocycles. The first-order valence-corrected chi connectivity index (χ1v) is 13.1. The van der Waals surface area contributed by atoms with Gasteiger partial charge in [0.25, 0.3) is 0 Å². The number of carbonyl (C=O) groups excluding carboxylic acids is 1. The molecule has 37 heavy (non-hydrogen) atoms. The van der Waals surface area contributed by atoms with Crippen molar-refractivity contribution in [3.63, 3.8) is 0 Å². The highest BCUT2D eigenvalue weighted by atomic mass is 35.5. The van der Waals surface area contributed by atoms with E-state index in [2.05, 4.69) is 32.0 Å². The second kappa shape index (κ2) is 11.8. The molecule has 1 amide bonds. The van der Waals surface area contributed by atoms with E-state index in [1.807, 2.05) is 18.2 Å². The van der Waals surface area contributed by atoms with Crippen molar-refractivity contribution in [1.29, 1.82) is 0 Å². The number of hydrogen-bond donors (Lipinski definition) is 1. The summed E-state index contributed by atoms with van der Waals surface area (Å²) in [5.41, 5.74) is 0.980. The number of ether oxygens (including phenoxy) is 2. The number of piperazine rings is 1. The zero-order valence-electron chi connectivity index (χ0n) is 21.0. The van der Waals surface area contributed by atoms with Gasteiger partial charge in [-0.25, -0.2) is 9.97 Å². The smallest absolute Gasteiger partial charge is 0.238 e. The number of amides is 1. The van der Waals surface area contributed by atoms with Crippen molar-refractivity contribution < 1.29 is 14.3 Å². The summed E-state index contributed by atoms with van der Waals surface area (Å²) in [6, 6.07) is 7.63. The van der Waals surface area contributed by atoms with Crippen LogP contribution in [-0.2, 0) is 11.3 Å². The van der Waals surface area contributed by atoms with E-state index in [1.165, 1.54) is 0 Å². The highest BCUT2D eigenvalue weighted by Crippen LogP contribution is 2.30. The minimum atomic E-state index is 0.0167.